The molecular weight excluding hydrogens is 390 g/mol. The van der Waals surface area contributed by atoms with E-state index >= 15 is 0 Å². The zero-order valence-corrected chi connectivity index (χ0v) is 14.6. The molecule has 3 N–H and O–H groups in total. The van der Waals surface area contributed by atoms with Gasteiger partial charge >= 0.3 is 6.03 Å². The number of ether oxygens (including phenoxy) is 2. The molecule has 5 atom stereocenters. The van der Waals surface area contributed by atoms with E-state index in [1.165, 1.54) is 6.92 Å². The molecular formula is C12H18BrN5O6. The summed E-state index contributed by atoms with van der Waals surface area (Å²) in [6.45, 7) is 2.81. The number of hydrogen-bond acceptors (Lipinski definition) is 7. The van der Waals surface area contributed by atoms with Crippen LogP contribution >= 0.6 is 15.9 Å². The summed E-state index contributed by atoms with van der Waals surface area (Å²) in [5, 5.41) is 25.1. The summed E-state index contributed by atoms with van der Waals surface area (Å²) in [7, 11) is 0. The van der Waals surface area contributed by atoms with Crippen molar-refractivity contribution in [1.82, 2.24) is 10.2 Å². The van der Waals surface area contributed by atoms with Gasteiger partial charge in [0.2, 0.25) is 5.91 Å². The van der Waals surface area contributed by atoms with Crippen LogP contribution in [0, 0.1) is 0 Å². The van der Waals surface area contributed by atoms with Crippen LogP contribution in [-0.4, -0.2) is 68.9 Å². The van der Waals surface area contributed by atoms with E-state index in [1.807, 2.05) is 0 Å². The third kappa shape index (κ3) is 3.08. The molecule has 0 aromatic rings. The number of rotatable bonds is 5. The normalized spacial score (nSPS) is 39.5. The number of halogens is 1. The highest BCUT2D eigenvalue weighted by Gasteiger charge is 2.57. The Bertz CT molecular complexity index is 582. The molecule has 2 fully saturated rings. The molecule has 0 aromatic carbocycles. The molecule has 12 heteroatoms. The van der Waals surface area contributed by atoms with Crippen molar-refractivity contribution in [3.8, 4) is 0 Å². The van der Waals surface area contributed by atoms with E-state index in [2.05, 4.69) is 31.3 Å². The van der Waals surface area contributed by atoms with Crippen molar-refractivity contribution >= 4 is 27.9 Å². The largest absolute Gasteiger partial charge is 0.394 e. The molecule has 0 radical (unpaired) electrons. The van der Waals surface area contributed by atoms with Gasteiger partial charge in [-0.3, -0.25) is 15.0 Å². The fourth-order valence-corrected chi connectivity index (χ4v) is 3.16. The first-order valence-electron chi connectivity index (χ1n) is 7.20. The smallest absolute Gasteiger partial charge is 0.328 e. The van der Waals surface area contributed by atoms with Gasteiger partial charge in [-0.05, 0) is 19.4 Å². The van der Waals surface area contributed by atoms with Crippen LogP contribution in [0.1, 0.15) is 20.3 Å². The Labute approximate surface area is 145 Å². The fourth-order valence-electron chi connectivity index (χ4n) is 2.71. The summed E-state index contributed by atoms with van der Waals surface area (Å²) in [6, 6.07) is -0.776. The number of aliphatic hydroxyl groups is 2. The summed E-state index contributed by atoms with van der Waals surface area (Å²) in [6.07, 6.45) is -3.59. The van der Waals surface area contributed by atoms with Gasteiger partial charge in [0.15, 0.2) is 12.0 Å². The molecule has 2 aliphatic rings. The van der Waals surface area contributed by atoms with Gasteiger partial charge in [0.1, 0.15) is 16.7 Å². The Hall–Kier alpha value is -1.43. The molecule has 0 saturated carbocycles. The Morgan fingerprint density at radius 3 is 2.83 bits per heavy atom. The molecule has 0 spiro atoms. The number of alkyl halides is 1. The number of urea groups is 1. The Kier molecular flexibility index (Phi) is 5.37. The molecule has 2 rings (SSSR count). The maximum Gasteiger partial charge on any atom is 0.328 e. The first kappa shape index (κ1) is 18.9. The average molecular weight is 408 g/mol. The lowest BCUT2D eigenvalue weighted by Gasteiger charge is -2.45. The molecule has 2 heterocycles. The highest BCUT2D eigenvalue weighted by atomic mass is 79.9. The summed E-state index contributed by atoms with van der Waals surface area (Å²) >= 11 is 3.25. The number of nitrogens with one attached hydrogen (secondary N) is 1. The lowest BCUT2D eigenvalue weighted by molar-refractivity contribution is -0.160. The molecule has 0 aliphatic carbocycles. The molecule has 11 nitrogen and oxygen atoms in total. The summed E-state index contributed by atoms with van der Waals surface area (Å²) < 4.78 is 9.76. The van der Waals surface area contributed by atoms with Crippen LogP contribution < -0.4 is 5.32 Å². The Morgan fingerprint density at radius 2 is 2.29 bits per heavy atom. The van der Waals surface area contributed by atoms with Gasteiger partial charge in [-0.1, -0.05) is 21.0 Å². The first-order valence-corrected chi connectivity index (χ1v) is 7.99. The summed E-state index contributed by atoms with van der Waals surface area (Å²) in [4.78, 5) is 28.0. The van der Waals surface area contributed by atoms with Crippen LogP contribution in [-0.2, 0) is 14.3 Å². The number of carbonyl (C=O) groups excluding carboxylic acids is 2. The lowest BCUT2D eigenvalue weighted by Crippen LogP contribution is -2.69. The number of azide groups is 1. The van der Waals surface area contributed by atoms with Gasteiger partial charge in [-0.25, -0.2) is 4.79 Å². The minimum absolute atomic E-state index is 0.208. The number of amides is 3. The van der Waals surface area contributed by atoms with E-state index in [4.69, 9.17) is 15.0 Å². The van der Waals surface area contributed by atoms with Gasteiger partial charge in [0.25, 0.3) is 0 Å². The van der Waals surface area contributed by atoms with Crippen LogP contribution in [0.4, 0.5) is 4.79 Å². The monoisotopic (exact) mass is 407 g/mol. The van der Waals surface area contributed by atoms with Crippen LogP contribution in [0.5, 0.6) is 0 Å². The second-order valence-corrected chi connectivity index (χ2v) is 7.23. The van der Waals surface area contributed by atoms with Crippen LogP contribution in [0.3, 0.4) is 0 Å². The van der Waals surface area contributed by atoms with Gasteiger partial charge < -0.3 is 19.7 Å². The maximum atomic E-state index is 12.3. The molecule has 3 amide bonds. The van der Waals surface area contributed by atoms with Crippen molar-refractivity contribution < 1.29 is 29.3 Å². The lowest BCUT2D eigenvalue weighted by atomic mass is 10.0. The first-order chi connectivity index (χ1) is 11.2. The van der Waals surface area contributed by atoms with E-state index in [0.717, 1.165) is 4.90 Å². The fraction of sp³-hybridized carbons (Fsp3) is 0.833. The standard InChI is InChI=1S/C12H18BrN5O6/c1-3-23-9-11(2,13)8(20)15-10(21)18(9)7-4-12(22,16-17-14)6(5-19)24-7/h6-7,9,19,22H,3-5H2,1-2H3,(H,15,20,21)/t6-,7-,9-,11+,12+/m1/s1. The van der Waals surface area contributed by atoms with Crippen molar-refractivity contribution in [3.63, 3.8) is 0 Å². The number of hydrogen-bond donors (Lipinski definition) is 3. The number of imide groups is 1. The average Bonchev–Trinajstić information content (AvgIpc) is 2.82. The van der Waals surface area contributed by atoms with E-state index in [1.54, 1.807) is 6.92 Å². The van der Waals surface area contributed by atoms with Crippen molar-refractivity contribution in [2.24, 2.45) is 5.11 Å². The van der Waals surface area contributed by atoms with Crippen LogP contribution in [0.15, 0.2) is 5.11 Å². The Balaban J connectivity index is 2.36. The maximum absolute atomic E-state index is 12.3. The molecule has 2 aliphatic heterocycles. The zero-order valence-electron chi connectivity index (χ0n) is 13.0. The molecule has 24 heavy (non-hydrogen) atoms. The van der Waals surface area contributed by atoms with Crippen molar-refractivity contribution in [1.29, 1.82) is 0 Å². The predicted octanol–water partition coefficient (Wildman–Crippen LogP) is 0.161. The molecule has 2 saturated heterocycles. The second-order valence-electron chi connectivity index (χ2n) is 5.58. The van der Waals surface area contributed by atoms with Gasteiger partial charge in [0.05, 0.1) is 6.61 Å². The molecule has 0 bridgehead atoms. The van der Waals surface area contributed by atoms with Gasteiger partial charge in [-0.15, -0.1) is 0 Å². The molecule has 134 valence electrons. The van der Waals surface area contributed by atoms with E-state index < -0.39 is 47.2 Å². The number of nitrogens with zero attached hydrogens (tertiary/aromatic N) is 4. The third-order valence-electron chi connectivity index (χ3n) is 3.95. The van der Waals surface area contributed by atoms with E-state index in [-0.39, 0.29) is 13.0 Å². The minimum atomic E-state index is -2.02. The summed E-state index contributed by atoms with van der Waals surface area (Å²) in [5.74, 6) is -0.579. The highest BCUT2D eigenvalue weighted by molar-refractivity contribution is 9.10. The van der Waals surface area contributed by atoms with E-state index in [9.17, 15) is 19.8 Å². The number of aliphatic hydroxyl groups excluding tert-OH is 1. The van der Waals surface area contributed by atoms with Crippen molar-refractivity contribution in [2.45, 2.75) is 48.9 Å². The van der Waals surface area contributed by atoms with E-state index in [0.29, 0.717) is 0 Å². The quantitative estimate of drug-likeness (QED) is 0.255. The van der Waals surface area contributed by atoms with Crippen molar-refractivity contribution in [3.05, 3.63) is 10.4 Å². The van der Waals surface area contributed by atoms with Crippen LogP contribution in [0.25, 0.3) is 10.4 Å². The molecule has 0 unspecified atom stereocenters. The highest BCUT2D eigenvalue weighted by Crippen LogP contribution is 2.39. The number of carbonyl (C=O) groups is 2. The van der Waals surface area contributed by atoms with Gasteiger partial charge in [-0.2, -0.15) is 0 Å². The summed E-state index contributed by atoms with van der Waals surface area (Å²) in [5.41, 5.74) is 6.58. The predicted molar refractivity (Wildman–Crippen MR) is 82.6 cm³/mol. The van der Waals surface area contributed by atoms with Crippen molar-refractivity contribution in [2.75, 3.05) is 13.2 Å². The SMILES string of the molecule is CCO[C@H]1N([C@H]2C[C@@](O)(N=[N+]=[N-])[C@@H](CO)O2)C(=O)NC(=O)[C@]1(C)Br. The van der Waals surface area contributed by atoms with Crippen LogP contribution in [0.2, 0.25) is 0 Å². The second kappa shape index (κ2) is 6.82. The molecule has 0 aromatic heterocycles. The third-order valence-corrected chi connectivity index (χ3v) is 4.70. The zero-order chi connectivity index (χ0) is 18.1. The topological polar surface area (TPSA) is 157 Å². The van der Waals surface area contributed by atoms with Gasteiger partial charge in [0, 0.05) is 17.9 Å². The Morgan fingerprint density at radius 1 is 1.62 bits per heavy atom. The minimum Gasteiger partial charge on any atom is -0.394 e.